The van der Waals surface area contributed by atoms with E-state index < -0.39 is 0 Å². The quantitative estimate of drug-likeness (QED) is 0.301. The predicted molar refractivity (Wildman–Crippen MR) is 74.3 cm³/mol. The number of piperazine rings is 1. The Morgan fingerprint density at radius 3 is 1.95 bits per heavy atom. The second-order valence-corrected chi connectivity index (χ2v) is 7.29. The van der Waals surface area contributed by atoms with Crippen molar-refractivity contribution in [2.75, 3.05) is 73.5 Å². The van der Waals surface area contributed by atoms with Crippen LogP contribution in [-0.2, 0) is 0 Å². The Bertz CT molecular complexity index is 274. The number of likely N-dealkylation sites (tertiary alicyclic amines) is 1. The monoisotopic (exact) mass is 511 g/mol. The third-order valence-corrected chi connectivity index (χ3v) is 4.81. The van der Waals surface area contributed by atoms with Gasteiger partial charge < -0.3 is 66.9 Å². The number of hydrogen-bond acceptors (Lipinski definition) is 2. The van der Waals surface area contributed by atoms with Crippen LogP contribution in [0.4, 0.5) is 0 Å². The summed E-state index contributed by atoms with van der Waals surface area (Å²) in [5, 5.41) is 10.3. The summed E-state index contributed by atoms with van der Waals surface area (Å²) < 4.78 is 2.19. The average molecular weight is 511 g/mol. The molecule has 0 radical (unpaired) electrons. The van der Waals surface area contributed by atoms with Crippen molar-refractivity contribution in [3.63, 3.8) is 0 Å². The molecule has 1 unspecified atom stereocenters. The number of β-amino-alcohol motifs (C(OH)–C–C–N with tert-alkyl or cyclic N) is 1. The second-order valence-electron chi connectivity index (χ2n) is 7.29. The standard InChI is InChI=1S/C14H31N3O.2HI/c1-16(2)8-10-17(3,11-9-16)13-14(18)12-15-6-4-5-7-15;;/h14,18H,4-13H2,1-3H3;2*1H/q+2;;/p-2. The van der Waals surface area contributed by atoms with Gasteiger partial charge in [-0.2, -0.15) is 0 Å². The van der Waals surface area contributed by atoms with Gasteiger partial charge in [-0.15, -0.1) is 0 Å². The minimum absolute atomic E-state index is 0. The Hall–Kier alpha value is 1.30. The van der Waals surface area contributed by atoms with Crippen LogP contribution >= 0.6 is 0 Å². The Balaban J connectivity index is 0.00000180. The highest BCUT2D eigenvalue weighted by Crippen LogP contribution is 2.15. The molecule has 2 fully saturated rings. The molecule has 122 valence electrons. The SMILES string of the molecule is C[N+]1(C)CC[N+](C)(CC(O)CN2CCCC2)CC1.[I-].[I-]. The van der Waals surface area contributed by atoms with Crippen molar-refractivity contribution < 1.29 is 62.0 Å². The second kappa shape index (κ2) is 8.81. The zero-order valence-electron chi connectivity index (χ0n) is 13.2. The van der Waals surface area contributed by atoms with Crippen LogP contribution in [0.25, 0.3) is 0 Å². The van der Waals surface area contributed by atoms with Gasteiger partial charge in [-0.05, 0) is 25.9 Å². The fourth-order valence-electron chi connectivity index (χ4n) is 3.26. The average Bonchev–Trinajstić information content (AvgIpc) is 2.76. The number of quaternary nitrogens is 2. The van der Waals surface area contributed by atoms with E-state index in [9.17, 15) is 5.11 Å². The van der Waals surface area contributed by atoms with Gasteiger partial charge in [0.15, 0.2) is 0 Å². The maximum Gasteiger partial charge on any atom is 0.129 e. The molecule has 0 spiro atoms. The molecule has 4 nitrogen and oxygen atoms in total. The summed E-state index contributed by atoms with van der Waals surface area (Å²) in [6, 6.07) is 0. The van der Waals surface area contributed by atoms with E-state index in [4.69, 9.17) is 0 Å². The first kappa shape index (κ1) is 21.3. The van der Waals surface area contributed by atoms with Gasteiger partial charge in [-0.1, -0.05) is 0 Å². The lowest BCUT2D eigenvalue weighted by Crippen LogP contribution is -3.00. The third kappa shape index (κ3) is 6.60. The van der Waals surface area contributed by atoms with Crippen LogP contribution in [0, 0.1) is 0 Å². The maximum atomic E-state index is 10.3. The normalized spacial score (nSPS) is 26.4. The van der Waals surface area contributed by atoms with E-state index in [0.29, 0.717) is 0 Å². The predicted octanol–water partition coefficient (Wildman–Crippen LogP) is -6.01. The lowest BCUT2D eigenvalue weighted by Gasteiger charge is -2.45. The van der Waals surface area contributed by atoms with Crippen molar-refractivity contribution in [3.05, 3.63) is 0 Å². The molecular formula is C14H31I2N3O. The summed E-state index contributed by atoms with van der Waals surface area (Å²) in [4.78, 5) is 2.42. The molecule has 1 N–H and O–H groups in total. The van der Waals surface area contributed by atoms with Gasteiger partial charge >= 0.3 is 0 Å². The number of nitrogens with zero attached hydrogens (tertiary/aromatic N) is 3. The molecule has 0 aliphatic carbocycles. The topological polar surface area (TPSA) is 23.5 Å². The molecule has 20 heavy (non-hydrogen) atoms. The molecule has 0 saturated carbocycles. The van der Waals surface area contributed by atoms with Crippen LogP contribution in [0.15, 0.2) is 0 Å². The number of aliphatic hydroxyl groups is 1. The zero-order chi connectivity index (χ0) is 13.2. The molecule has 2 aliphatic rings. The van der Waals surface area contributed by atoms with Crippen molar-refractivity contribution in [2.24, 2.45) is 0 Å². The van der Waals surface area contributed by atoms with E-state index in [-0.39, 0.29) is 54.1 Å². The number of likely N-dealkylation sites (N-methyl/N-ethyl adjacent to an activating group) is 2. The number of halogens is 2. The van der Waals surface area contributed by atoms with Crippen molar-refractivity contribution in [1.82, 2.24) is 4.90 Å². The smallest absolute Gasteiger partial charge is 0.129 e. The van der Waals surface area contributed by atoms with E-state index in [2.05, 4.69) is 26.0 Å². The highest BCUT2D eigenvalue weighted by Gasteiger charge is 2.36. The Morgan fingerprint density at radius 2 is 1.45 bits per heavy atom. The van der Waals surface area contributed by atoms with Gasteiger partial charge in [0.1, 0.15) is 38.8 Å². The molecule has 6 heteroatoms. The molecule has 2 heterocycles. The van der Waals surface area contributed by atoms with Gasteiger partial charge in [-0.25, -0.2) is 0 Å². The van der Waals surface area contributed by atoms with E-state index in [0.717, 1.165) is 22.1 Å². The molecule has 0 amide bonds. The van der Waals surface area contributed by atoms with Gasteiger partial charge in [-0.3, -0.25) is 0 Å². The first-order chi connectivity index (χ1) is 8.39. The number of hydrogen-bond donors (Lipinski definition) is 1. The highest BCUT2D eigenvalue weighted by atomic mass is 127. The van der Waals surface area contributed by atoms with Crippen LogP contribution in [0.5, 0.6) is 0 Å². The van der Waals surface area contributed by atoms with Gasteiger partial charge in [0.05, 0.1) is 21.1 Å². The lowest BCUT2D eigenvalue weighted by molar-refractivity contribution is -1.01. The first-order valence-electron chi connectivity index (χ1n) is 7.45. The first-order valence-corrected chi connectivity index (χ1v) is 7.45. The highest BCUT2D eigenvalue weighted by molar-refractivity contribution is 4.70. The maximum absolute atomic E-state index is 10.3. The summed E-state index contributed by atoms with van der Waals surface area (Å²) in [5.74, 6) is 0. The summed E-state index contributed by atoms with van der Waals surface area (Å²) in [6.07, 6.45) is 2.47. The van der Waals surface area contributed by atoms with E-state index in [1.165, 1.54) is 52.1 Å². The van der Waals surface area contributed by atoms with E-state index >= 15 is 0 Å². The zero-order valence-corrected chi connectivity index (χ0v) is 17.5. The van der Waals surface area contributed by atoms with E-state index in [1.54, 1.807) is 0 Å². The van der Waals surface area contributed by atoms with Crippen molar-refractivity contribution in [1.29, 1.82) is 0 Å². The Kier molecular flexibility index (Phi) is 9.38. The number of rotatable bonds is 4. The van der Waals surface area contributed by atoms with Gasteiger partial charge in [0.25, 0.3) is 0 Å². The Labute approximate surface area is 158 Å². The minimum Gasteiger partial charge on any atom is -1.00 e. The molecule has 2 aliphatic heterocycles. The molecule has 1 atom stereocenters. The summed E-state index contributed by atoms with van der Waals surface area (Å²) in [6.45, 7) is 9.03. The molecule has 2 rings (SSSR count). The van der Waals surface area contributed by atoms with Crippen LogP contribution in [0.3, 0.4) is 0 Å². The van der Waals surface area contributed by atoms with Gasteiger partial charge in [0.2, 0.25) is 0 Å². The van der Waals surface area contributed by atoms with Gasteiger partial charge in [0, 0.05) is 6.54 Å². The summed E-state index contributed by atoms with van der Waals surface area (Å²) in [5.41, 5.74) is 0. The van der Waals surface area contributed by atoms with Crippen LogP contribution < -0.4 is 48.0 Å². The third-order valence-electron chi connectivity index (χ3n) is 4.81. The van der Waals surface area contributed by atoms with Crippen LogP contribution in [-0.4, -0.2) is 98.6 Å². The summed E-state index contributed by atoms with van der Waals surface area (Å²) in [7, 11) is 6.93. The van der Waals surface area contributed by atoms with Crippen molar-refractivity contribution in [3.8, 4) is 0 Å². The fraction of sp³-hybridized carbons (Fsp3) is 1.00. The molecule has 0 aromatic rings. The lowest BCUT2D eigenvalue weighted by atomic mass is 10.2. The molecule has 0 aromatic carbocycles. The number of aliphatic hydroxyl groups excluding tert-OH is 1. The molecule has 0 aromatic heterocycles. The molecule has 2 saturated heterocycles. The van der Waals surface area contributed by atoms with Crippen LogP contribution in [0.2, 0.25) is 0 Å². The minimum atomic E-state index is -0.151. The molecule has 0 bridgehead atoms. The summed E-state index contributed by atoms with van der Waals surface area (Å²) >= 11 is 0. The van der Waals surface area contributed by atoms with E-state index in [1.807, 2.05) is 0 Å². The molecular weight excluding hydrogens is 480 g/mol. The van der Waals surface area contributed by atoms with Crippen molar-refractivity contribution in [2.45, 2.75) is 18.9 Å². The van der Waals surface area contributed by atoms with Crippen molar-refractivity contribution >= 4 is 0 Å². The van der Waals surface area contributed by atoms with Crippen LogP contribution in [0.1, 0.15) is 12.8 Å². The largest absolute Gasteiger partial charge is 1.00 e. The Morgan fingerprint density at radius 1 is 0.950 bits per heavy atom. The fourth-order valence-corrected chi connectivity index (χ4v) is 3.26.